The Hall–Kier alpha value is -1.11. The van der Waals surface area contributed by atoms with Gasteiger partial charge in [-0.25, -0.2) is 8.42 Å². The zero-order chi connectivity index (χ0) is 16.6. The SMILES string of the molecule is CCOCCS(=O)(=O)N1c2ccc(C)cc2C2CN(C)CCC21. The number of benzene rings is 1. The Kier molecular flexibility index (Phi) is 4.67. The average Bonchev–Trinajstić information content (AvgIpc) is 2.81. The van der Waals surface area contributed by atoms with E-state index in [4.69, 9.17) is 4.74 Å². The van der Waals surface area contributed by atoms with E-state index in [9.17, 15) is 8.42 Å². The van der Waals surface area contributed by atoms with Gasteiger partial charge in [-0.2, -0.15) is 0 Å². The Balaban J connectivity index is 1.97. The van der Waals surface area contributed by atoms with Gasteiger partial charge in [-0.1, -0.05) is 17.7 Å². The zero-order valence-electron chi connectivity index (χ0n) is 14.2. The summed E-state index contributed by atoms with van der Waals surface area (Å²) < 4.78 is 32.8. The van der Waals surface area contributed by atoms with Crippen molar-refractivity contribution in [2.75, 3.05) is 43.4 Å². The molecule has 6 heteroatoms. The van der Waals surface area contributed by atoms with Crippen LogP contribution in [0.5, 0.6) is 0 Å². The van der Waals surface area contributed by atoms with Crippen molar-refractivity contribution in [3.63, 3.8) is 0 Å². The minimum Gasteiger partial charge on any atom is -0.381 e. The standard InChI is InChI=1S/C17H26N2O3S/c1-4-22-9-10-23(20,21)19-16-6-5-13(2)11-14(16)15-12-18(3)8-7-17(15)19/h5-6,11,15,17H,4,7-10,12H2,1-3H3. The summed E-state index contributed by atoms with van der Waals surface area (Å²) in [5.41, 5.74) is 3.24. The lowest BCUT2D eigenvalue weighted by Crippen LogP contribution is -2.48. The molecule has 0 saturated carbocycles. The van der Waals surface area contributed by atoms with E-state index in [0.717, 1.165) is 25.2 Å². The van der Waals surface area contributed by atoms with Crippen LogP contribution in [0.2, 0.25) is 0 Å². The molecule has 0 N–H and O–H groups in total. The molecule has 2 aliphatic heterocycles. The molecule has 23 heavy (non-hydrogen) atoms. The quantitative estimate of drug-likeness (QED) is 0.770. The number of hydrogen-bond acceptors (Lipinski definition) is 4. The van der Waals surface area contributed by atoms with E-state index in [1.165, 1.54) is 11.1 Å². The number of hydrogen-bond donors (Lipinski definition) is 0. The molecule has 2 heterocycles. The fourth-order valence-corrected chi connectivity index (χ4v) is 5.46. The maximum Gasteiger partial charge on any atom is 0.237 e. The van der Waals surface area contributed by atoms with Gasteiger partial charge in [0, 0.05) is 19.1 Å². The van der Waals surface area contributed by atoms with E-state index in [1.54, 1.807) is 4.31 Å². The maximum absolute atomic E-state index is 12.9. The average molecular weight is 338 g/mol. The smallest absolute Gasteiger partial charge is 0.237 e. The number of likely N-dealkylation sites (N-methyl/N-ethyl adjacent to an activating group) is 1. The number of aryl methyl sites for hydroxylation is 1. The molecular formula is C17H26N2O3S. The maximum atomic E-state index is 12.9. The molecule has 5 nitrogen and oxygen atoms in total. The zero-order valence-corrected chi connectivity index (χ0v) is 15.0. The van der Waals surface area contributed by atoms with Gasteiger partial charge >= 0.3 is 0 Å². The highest BCUT2D eigenvalue weighted by molar-refractivity contribution is 7.92. The third-order valence-electron chi connectivity index (χ3n) is 4.89. The van der Waals surface area contributed by atoms with Crippen LogP contribution in [-0.2, 0) is 14.8 Å². The normalized spacial score (nSPS) is 24.6. The summed E-state index contributed by atoms with van der Waals surface area (Å²) in [7, 11) is -1.25. The molecule has 0 amide bonds. The highest BCUT2D eigenvalue weighted by Gasteiger charge is 2.45. The third-order valence-corrected chi connectivity index (χ3v) is 6.64. The van der Waals surface area contributed by atoms with Crippen LogP contribution in [0.3, 0.4) is 0 Å². The van der Waals surface area contributed by atoms with Crippen LogP contribution in [0.4, 0.5) is 5.69 Å². The van der Waals surface area contributed by atoms with Crippen LogP contribution >= 0.6 is 0 Å². The number of sulfonamides is 1. The molecule has 3 rings (SSSR count). The van der Waals surface area contributed by atoms with Crippen LogP contribution in [0.1, 0.15) is 30.4 Å². The molecule has 0 aromatic heterocycles. The summed E-state index contributed by atoms with van der Waals surface area (Å²) in [5.74, 6) is 0.318. The van der Waals surface area contributed by atoms with Gasteiger partial charge in [0.2, 0.25) is 10.0 Å². The van der Waals surface area contributed by atoms with Crippen molar-refractivity contribution in [1.29, 1.82) is 0 Å². The number of anilines is 1. The molecule has 0 bridgehead atoms. The van der Waals surface area contributed by atoms with Gasteiger partial charge in [-0.05, 0) is 45.5 Å². The summed E-state index contributed by atoms with van der Waals surface area (Å²) in [5, 5.41) is 0. The fraction of sp³-hybridized carbons (Fsp3) is 0.647. The van der Waals surface area contributed by atoms with Gasteiger partial charge in [0.25, 0.3) is 0 Å². The highest BCUT2D eigenvalue weighted by Crippen LogP contribution is 2.46. The van der Waals surface area contributed by atoms with Gasteiger partial charge in [-0.15, -0.1) is 0 Å². The second-order valence-corrected chi connectivity index (χ2v) is 8.56. The van der Waals surface area contributed by atoms with E-state index in [1.807, 2.05) is 19.1 Å². The summed E-state index contributed by atoms with van der Waals surface area (Å²) in [6.07, 6.45) is 0.878. The second-order valence-electron chi connectivity index (χ2n) is 6.60. The number of nitrogens with zero attached hydrogens (tertiary/aromatic N) is 2. The van der Waals surface area contributed by atoms with Gasteiger partial charge in [0.1, 0.15) is 0 Å². The Morgan fingerprint density at radius 3 is 2.87 bits per heavy atom. The number of likely N-dealkylation sites (tertiary alicyclic amines) is 1. The van der Waals surface area contributed by atoms with Crippen molar-refractivity contribution in [3.8, 4) is 0 Å². The molecular weight excluding hydrogens is 312 g/mol. The lowest BCUT2D eigenvalue weighted by Gasteiger charge is -2.36. The first-order valence-electron chi connectivity index (χ1n) is 8.33. The van der Waals surface area contributed by atoms with Gasteiger partial charge < -0.3 is 9.64 Å². The Morgan fingerprint density at radius 1 is 1.35 bits per heavy atom. The molecule has 2 atom stereocenters. The third kappa shape index (κ3) is 3.12. The van der Waals surface area contributed by atoms with Crippen molar-refractivity contribution in [1.82, 2.24) is 4.90 Å². The molecule has 128 valence electrons. The van der Waals surface area contributed by atoms with Crippen molar-refractivity contribution in [2.24, 2.45) is 0 Å². The Bertz CT molecular complexity index is 674. The molecule has 2 aliphatic rings. The molecule has 0 spiro atoms. The molecule has 0 radical (unpaired) electrons. The van der Waals surface area contributed by atoms with Crippen LogP contribution < -0.4 is 4.31 Å². The molecule has 1 aromatic rings. The lowest BCUT2D eigenvalue weighted by molar-refractivity contribution is 0.163. The number of fused-ring (bicyclic) bond motifs is 3. The largest absolute Gasteiger partial charge is 0.381 e. The van der Waals surface area contributed by atoms with Crippen LogP contribution in [-0.4, -0.2) is 58.5 Å². The predicted molar refractivity (Wildman–Crippen MR) is 92.6 cm³/mol. The van der Waals surface area contributed by atoms with E-state index < -0.39 is 10.0 Å². The monoisotopic (exact) mass is 338 g/mol. The lowest BCUT2D eigenvalue weighted by atomic mass is 9.89. The molecule has 1 saturated heterocycles. The highest BCUT2D eigenvalue weighted by atomic mass is 32.2. The summed E-state index contributed by atoms with van der Waals surface area (Å²) in [4.78, 5) is 2.30. The first-order valence-corrected chi connectivity index (χ1v) is 9.94. The van der Waals surface area contributed by atoms with Gasteiger partial charge in [0.15, 0.2) is 0 Å². The molecule has 2 unspecified atom stereocenters. The topological polar surface area (TPSA) is 49.9 Å². The van der Waals surface area contributed by atoms with Crippen LogP contribution in [0.25, 0.3) is 0 Å². The van der Waals surface area contributed by atoms with Gasteiger partial charge in [-0.3, -0.25) is 4.31 Å². The van der Waals surface area contributed by atoms with Gasteiger partial charge in [0.05, 0.1) is 24.1 Å². The summed E-state index contributed by atoms with van der Waals surface area (Å²) in [6, 6.07) is 6.19. The summed E-state index contributed by atoms with van der Waals surface area (Å²) >= 11 is 0. The van der Waals surface area contributed by atoms with E-state index in [-0.39, 0.29) is 24.3 Å². The number of rotatable bonds is 5. The van der Waals surface area contributed by atoms with Crippen molar-refractivity contribution >= 4 is 15.7 Å². The number of ether oxygens (including phenoxy) is 1. The Morgan fingerprint density at radius 2 is 2.13 bits per heavy atom. The molecule has 0 aliphatic carbocycles. The summed E-state index contributed by atoms with van der Waals surface area (Å²) in [6.45, 7) is 6.60. The molecule has 1 fully saturated rings. The van der Waals surface area contributed by atoms with Crippen molar-refractivity contribution in [2.45, 2.75) is 32.2 Å². The van der Waals surface area contributed by atoms with E-state index in [2.05, 4.69) is 24.9 Å². The first kappa shape index (κ1) is 16.7. The molecule has 1 aromatic carbocycles. The second kappa shape index (κ2) is 6.42. The first-order chi connectivity index (χ1) is 10.9. The Labute approximate surface area is 139 Å². The van der Waals surface area contributed by atoms with E-state index in [0.29, 0.717) is 6.61 Å². The van der Waals surface area contributed by atoms with Crippen LogP contribution in [0, 0.1) is 6.92 Å². The number of piperidine rings is 1. The van der Waals surface area contributed by atoms with Crippen LogP contribution in [0.15, 0.2) is 18.2 Å². The predicted octanol–water partition coefficient (Wildman–Crippen LogP) is 1.97. The minimum atomic E-state index is -3.36. The van der Waals surface area contributed by atoms with Crippen molar-refractivity contribution in [3.05, 3.63) is 29.3 Å². The fourth-order valence-electron chi connectivity index (χ4n) is 3.80. The van der Waals surface area contributed by atoms with E-state index >= 15 is 0 Å². The minimum absolute atomic E-state index is 0.0488. The van der Waals surface area contributed by atoms with Crippen molar-refractivity contribution < 1.29 is 13.2 Å².